The fourth-order valence-corrected chi connectivity index (χ4v) is 6.42. The maximum atomic E-state index is 12.8. The number of nitrogens with zero attached hydrogens (tertiary/aromatic N) is 2. The minimum atomic E-state index is -0.0859. The van der Waals surface area contributed by atoms with Gasteiger partial charge < -0.3 is 4.90 Å². The van der Waals surface area contributed by atoms with Crippen LogP contribution >= 0.6 is 0 Å². The molecule has 1 aromatic rings. The van der Waals surface area contributed by atoms with Gasteiger partial charge in [0.2, 0.25) is 0 Å². The van der Waals surface area contributed by atoms with Gasteiger partial charge in [0.1, 0.15) is 5.84 Å². The molecule has 0 heterocycles. The first-order valence-corrected chi connectivity index (χ1v) is 10.5. The van der Waals surface area contributed by atoms with E-state index in [9.17, 15) is 4.79 Å². The highest BCUT2D eigenvalue weighted by atomic mass is 16.1. The van der Waals surface area contributed by atoms with Crippen molar-refractivity contribution < 1.29 is 4.79 Å². The van der Waals surface area contributed by atoms with Crippen LogP contribution in [0.2, 0.25) is 0 Å². The molecule has 3 nitrogen and oxygen atoms in total. The molecule has 3 heteroatoms. The number of hydrogen-bond donors (Lipinski definition) is 0. The van der Waals surface area contributed by atoms with Gasteiger partial charge in [-0.05, 0) is 87.7 Å². The number of aliphatic imine (C=N–C) groups is 1. The number of amidine groups is 1. The molecule has 4 fully saturated rings. The number of hydrogen-bond acceptors (Lipinski definition) is 1. The van der Waals surface area contributed by atoms with Crippen LogP contribution in [0.3, 0.4) is 0 Å². The summed E-state index contributed by atoms with van der Waals surface area (Å²) in [4.78, 5) is 19.7. The second kappa shape index (κ2) is 7.17. The summed E-state index contributed by atoms with van der Waals surface area (Å²) in [6.45, 7) is 6.19. The molecule has 4 aliphatic carbocycles. The molecule has 5 rings (SSSR count). The van der Waals surface area contributed by atoms with Crippen molar-refractivity contribution >= 4 is 11.7 Å². The molecule has 0 radical (unpaired) electrons. The zero-order valence-electron chi connectivity index (χ0n) is 16.3. The smallest absolute Gasteiger partial charge is 0.278 e. The predicted molar refractivity (Wildman–Crippen MR) is 106 cm³/mol. The van der Waals surface area contributed by atoms with Gasteiger partial charge >= 0.3 is 0 Å². The van der Waals surface area contributed by atoms with Crippen LogP contribution in [0.25, 0.3) is 0 Å². The Labute approximate surface area is 157 Å². The molecule has 26 heavy (non-hydrogen) atoms. The summed E-state index contributed by atoms with van der Waals surface area (Å²) in [7, 11) is 0. The van der Waals surface area contributed by atoms with Gasteiger partial charge in [0.05, 0.1) is 0 Å². The molecule has 0 aromatic heterocycles. The molecule has 1 amide bonds. The zero-order chi connectivity index (χ0) is 18.1. The second-order valence-electron chi connectivity index (χ2n) is 8.97. The number of carbonyl (C=O) groups is 1. The summed E-state index contributed by atoms with van der Waals surface area (Å²) in [5, 5.41) is 0. The van der Waals surface area contributed by atoms with Crippen LogP contribution in [0.1, 0.15) is 69.2 Å². The van der Waals surface area contributed by atoms with Gasteiger partial charge in [-0.15, -0.1) is 0 Å². The minimum absolute atomic E-state index is 0.0859. The molecule has 4 saturated carbocycles. The third kappa shape index (κ3) is 3.45. The van der Waals surface area contributed by atoms with Gasteiger partial charge in [-0.1, -0.05) is 18.2 Å². The van der Waals surface area contributed by atoms with Crippen molar-refractivity contribution in [1.82, 2.24) is 4.90 Å². The Morgan fingerprint density at radius 1 is 1.00 bits per heavy atom. The van der Waals surface area contributed by atoms with E-state index < -0.39 is 0 Å². The largest absolute Gasteiger partial charge is 0.360 e. The van der Waals surface area contributed by atoms with Crippen molar-refractivity contribution in [3.05, 3.63) is 35.9 Å². The van der Waals surface area contributed by atoms with E-state index in [0.29, 0.717) is 11.0 Å². The van der Waals surface area contributed by atoms with Crippen molar-refractivity contribution in [3.8, 4) is 0 Å². The highest BCUT2D eigenvalue weighted by Gasteiger charge is 2.51. The molecule has 1 aromatic carbocycles. The Hall–Kier alpha value is -1.64. The first-order chi connectivity index (χ1) is 12.6. The van der Waals surface area contributed by atoms with E-state index in [1.807, 2.05) is 30.3 Å². The van der Waals surface area contributed by atoms with Crippen molar-refractivity contribution in [2.24, 2.45) is 28.2 Å². The molecule has 0 spiro atoms. The Kier molecular flexibility index (Phi) is 4.90. The standard InChI is InChI=1S/C23H32N2O/c1-3-25(4-2)21(24-22(26)20-8-6-5-7-9-20)16-23-13-17-10-18(14-23)12-19(11-17)15-23/h5-9,17-19H,3-4,10-16H2,1-2H3. The van der Waals surface area contributed by atoms with Crippen LogP contribution in [0, 0.1) is 23.2 Å². The zero-order valence-corrected chi connectivity index (χ0v) is 16.3. The first-order valence-electron chi connectivity index (χ1n) is 10.5. The highest BCUT2D eigenvalue weighted by Crippen LogP contribution is 2.61. The lowest BCUT2D eigenvalue weighted by Crippen LogP contribution is -2.48. The summed E-state index contributed by atoms with van der Waals surface area (Å²) >= 11 is 0. The minimum Gasteiger partial charge on any atom is -0.360 e. The Balaban J connectivity index is 1.60. The van der Waals surface area contributed by atoms with Crippen molar-refractivity contribution in [2.75, 3.05) is 13.1 Å². The maximum absolute atomic E-state index is 12.8. The first kappa shape index (κ1) is 17.8. The number of benzene rings is 1. The van der Waals surface area contributed by atoms with E-state index in [0.717, 1.165) is 43.1 Å². The quantitative estimate of drug-likeness (QED) is 0.541. The lowest BCUT2D eigenvalue weighted by atomic mass is 9.49. The average Bonchev–Trinajstić information content (AvgIpc) is 2.62. The van der Waals surface area contributed by atoms with Crippen molar-refractivity contribution in [2.45, 2.75) is 58.8 Å². The van der Waals surface area contributed by atoms with Crippen LogP contribution < -0.4 is 0 Å². The molecule has 4 aliphatic rings. The topological polar surface area (TPSA) is 32.7 Å². The van der Waals surface area contributed by atoms with Crippen molar-refractivity contribution in [1.29, 1.82) is 0 Å². The molecule has 0 saturated heterocycles. The molecular formula is C23H32N2O. The monoisotopic (exact) mass is 352 g/mol. The van der Waals surface area contributed by atoms with Gasteiger partial charge in [-0.3, -0.25) is 4.79 Å². The third-order valence-corrected chi connectivity index (χ3v) is 7.08. The lowest BCUT2D eigenvalue weighted by molar-refractivity contribution is -0.0493. The van der Waals surface area contributed by atoms with Crippen LogP contribution in [0.5, 0.6) is 0 Å². The van der Waals surface area contributed by atoms with Gasteiger partial charge in [0, 0.05) is 25.1 Å². The molecule has 0 aliphatic heterocycles. The van der Waals surface area contributed by atoms with Gasteiger partial charge in [-0.25, -0.2) is 0 Å². The van der Waals surface area contributed by atoms with Gasteiger partial charge in [-0.2, -0.15) is 4.99 Å². The molecule has 0 atom stereocenters. The van der Waals surface area contributed by atoms with E-state index in [2.05, 4.69) is 23.7 Å². The Morgan fingerprint density at radius 2 is 1.54 bits per heavy atom. The maximum Gasteiger partial charge on any atom is 0.278 e. The van der Waals surface area contributed by atoms with E-state index in [1.54, 1.807) is 0 Å². The summed E-state index contributed by atoms with van der Waals surface area (Å²) in [6.07, 6.45) is 9.45. The SMILES string of the molecule is CCN(CC)C(CC12CC3CC(CC(C3)C1)C2)=NC(=O)c1ccccc1. The Morgan fingerprint density at radius 3 is 2.04 bits per heavy atom. The predicted octanol–water partition coefficient (Wildman–Crippen LogP) is 5.17. The number of amides is 1. The molecular weight excluding hydrogens is 320 g/mol. The van der Waals surface area contributed by atoms with E-state index >= 15 is 0 Å². The van der Waals surface area contributed by atoms with Crippen LogP contribution in [-0.2, 0) is 0 Å². The Bertz CT molecular complexity index is 639. The molecule has 140 valence electrons. The fraction of sp³-hybridized carbons (Fsp3) is 0.652. The highest BCUT2D eigenvalue weighted by molar-refractivity contribution is 6.03. The molecule has 0 N–H and O–H groups in total. The summed E-state index contributed by atoms with van der Waals surface area (Å²) < 4.78 is 0. The molecule has 4 bridgehead atoms. The fourth-order valence-electron chi connectivity index (χ4n) is 6.42. The second-order valence-corrected chi connectivity index (χ2v) is 8.97. The average molecular weight is 353 g/mol. The number of rotatable bonds is 5. The summed E-state index contributed by atoms with van der Waals surface area (Å²) in [5.74, 6) is 3.75. The van der Waals surface area contributed by atoms with Crippen LogP contribution in [0.15, 0.2) is 35.3 Å². The van der Waals surface area contributed by atoms with E-state index in [-0.39, 0.29) is 5.91 Å². The summed E-state index contributed by atoms with van der Waals surface area (Å²) in [6, 6.07) is 9.52. The molecule has 0 unspecified atom stereocenters. The normalized spacial score (nSPS) is 32.7. The van der Waals surface area contributed by atoms with Crippen molar-refractivity contribution in [3.63, 3.8) is 0 Å². The van der Waals surface area contributed by atoms with Crippen LogP contribution in [0.4, 0.5) is 0 Å². The van der Waals surface area contributed by atoms with Gasteiger partial charge in [0.25, 0.3) is 5.91 Å². The number of carbonyl (C=O) groups excluding carboxylic acids is 1. The third-order valence-electron chi connectivity index (χ3n) is 7.08. The summed E-state index contributed by atoms with van der Waals surface area (Å²) in [5.41, 5.74) is 1.11. The van der Waals surface area contributed by atoms with Crippen LogP contribution in [-0.4, -0.2) is 29.7 Å². The van der Waals surface area contributed by atoms with Gasteiger partial charge in [0.15, 0.2) is 0 Å². The van der Waals surface area contributed by atoms with E-state index in [4.69, 9.17) is 0 Å². The lowest BCUT2D eigenvalue weighted by Gasteiger charge is -2.57. The van der Waals surface area contributed by atoms with E-state index in [1.165, 1.54) is 38.5 Å².